The summed E-state index contributed by atoms with van der Waals surface area (Å²) < 4.78 is 44.7. The van der Waals surface area contributed by atoms with E-state index in [2.05, 4.69) is 12.7 Å². The molecule has 5 heteroatoms. The van der Waals surface area contributed by atoms with Gasteiger partial charge in [0.25, 0.3) is 0 Å². The van der Waals surface area contributed by atoms with Crippen molar-refractivity contribution < 1.29 is 23.0 Å². The smallest absolute Gasteiger partial charge is 0.200 e. The van der Waals surface area contributed by atoms with Gasteiger partial charge in [0.15, 0.2) is 17.9 Å². The second-order valence-electron chi connectivity index (χ2n) is 7.61. The molecule has 1 saturated carbocycles. The lowest BCUT2D eigenvalue weighted by atomic mass is 9.74. The zero-order chi connectivity index (χ0) is 19.2. The molecule has 3 nitrogen and oxygen atoms in total. The van der Waals surface area contributed by atoms with Gasteiger partial charge >= 0.3 is 0 Å². The Labute approximate surface area is 160 Å². The lowest BCUT2D eigenvalue weighted by molar-refractivity contribution is -0.187. The molecule has 1 aromatic rings. The number of allylic oxidation sites excluding steroid dienone is 1. The number of rotatable bonds is 7. The van der Waals surface area contributed by atoms with Crippen LogP contribution in [0, 0.1) is 29.4 Å². The maximum atomic E-state index is 14.1. The zero-order valence-electron chi connectivity index (χ0n) is 16.1. The topological polar surface area (TPSA) is 27.7 Å². The van der Waals surface area contributed by atoms with Crippen molar-refractivity contribution in [2.24, 2.45) is 17.8 Å². The maximum Gasteiger partial charge on any atom is 0.200 e. The number of halogens is 2. The van der Waals surface area contributed by atoms with Crippen LogP contribution in [0.25, 0.3) is 0 Å². The third kappa shape index (κ3) is 5.08. The number of ether oxygens (including phenoxy) is 3. The van der Waals surface area contributed by atoms with E-state index in [0.717, 1.165) is 18.8 Å². The number of hydrogen-bond acceptors (Lipinski definition) is 3. The molecule has 2 aliphatic rings. The van der Waals surface area contributed by atoms with Crippen LogP contribution in [-0.4, -0.2) is 19.5 Å². The van der Waals surface area contributed by atoms with E-state index in [1.54, 1.807) is 6.92 Å². The lowest BCUT2D eigenvalue weighted by Gasteiger charge is -2.37. The van der Waals surface area contributed by atoms with Crippen LogP contribution in [0.1, 0.15) is 51.0 Å². The summed E-state index contributed by atoms with van der Waals surface area (Å²) in [5.41, 5.74) is 0.185. The van der Waals surface area contributed by atoms with E-state index < -0.39 is 11.6 Å². The van der Waals surface area contributed by atoms with Gasteiger partial charge in [-0.15, -0.1) is 6.58 Å². The molecule has 1 saturated heterocycles. The molecule has 0 bridgehead atoms. The maximum absolute atomic E-state index is 14.1. The van der Waals surface area contributed by atoms with Crippen molar-refractivity contribution in [3.05, 3.63) is 42.0 Å². The predicted octanol–water partition coefficient (Wildman–Crippen LogP) is 5.63. The second kappa shape index (κ2) is 9.65. The summed E-state index contributed by atoms with van der Waals surface area (Å²) in [7, 11) is 0. The van der Waals surface area contributed by atoms with Crippen molar-refractivity contribution in [2.45, 2.75) is 58.3 Å². The first-order valence-electron chi connectivity index (χ1n) is 10.1. The molecule has 150 valence electrons. The van der Waals surface area contributed by atoms with Crippen molar-refractivity contribution in [3.63, 3.8) is 0 Å². The van der Waals surface area contributed by atoms with E-state index in [-0.39, 0.29) is 24.2 Å². The van der Waals surface area contributed by atoms with Crippen molar-refractivity contribution in [3.8, 4) is 5.75 Å². The van der Waals surface area contributed by atoms with E-state index in [4.69, 9.17) is 14.2 Å². The Kier molecular flexibility index (Phi) is 7.25. The Morgan fingerprint density at radius 1 is 1.07 bits per heavy atom. The van der Waals surface area contributed by atoms with E-state index in [1.807, 2.05) is 0 Å². The SMILES string of the molecule is C=CC1CCC(C2CCC(OCc3ccc(OCC)c(F)c3F)OC2)CC1. The zero-order valence-corrected chi connectivity index (χ0v) is 16.1. The third-order valence-corrected chi connectivity index (χ3v) is 5.94. The molecule has 2 unspecified atom stereocenters. The minimum Gasteiger partial charge on any atom is -0.491 e. The summed E-state index contributed by atoms with van der Waals surface area (Å²) in [6, 6.07) is 2.95. The van der Waals surface area contributed by atoms with Gasteiger partial charge in [-0.25, -0.2) is 4.39 Å². The second-order valence-corrected chi connectivity index (χ2v) is 7.61. The molecule has 0 radical (unpaired) electrons. The van der Waals surface area contributed by atoms with E-state index in [1.165, 1.54) is 37.8 Å². The van der Waals surface area contributed by atoms with Gasteiger partial charge in [0, 0.05) is 5.56 Å². The monoisotopic (exact) mass is 380 g/mol. The summed E-state index contributed by atoms with van der Waals surface area (Å²) in [5.74, 6) is 0.0364. The third-order valence-electron chi connectivity index (χ3n) is 5.94. The van der Waals surface area contributed by atoms with E-state index >= 15 is 0 Å². The highest BCUT2D eigenvalue weighted by atomic mass is 19.2. The molecular formula is C22H30F2O3. The molecule has 0 spiro atoms. The molecule has 1 aromatic carbocycles. The molecule has 0 amide bonds. The van der Waals surface area contributed by atoms with Crippen molar-refractivity contribution in [1.82, 2.24) is 0 Å². The van der Waals surface area contributed by atoms with Crippen LogP contribution in [0.4, 0.5) is 8.78 Å². The number of hydrogen-bond donors (Lipinski definition) is 0. The molecule has 27 heavy (non-hydrogen) atoms. The van der Waals surface area contributed by atoms with Gasteiger partial charge in [-0.2, -0.15) is 4.39 Å². The Morgan fingerprint density at radius 3 is 2.44 bits per heavy atom. The van der Waals surface area contributed by atoms with Crippen LogP contribution in [0.3, 0.4) is 0 Å². The average molecular weight is 380 g/mol. The minimum absolute atomic E-state index is 0.00502. The Hall–Kier alpha value is -1.46. The van der Waals surface area contributed by atoms with Crippen LogP contribution in [0.5, 0.6) is 5.75 Å². The molecule has 1 aliphatic carbocycles. The van der Waals surface area contributed by atoms with Crippen LogP contribution >= 0.6 is 0 Å². The fourth-order valence-corrected chi connectivity index (χ4v) is 4.24. The molecule has 2 atom stereocenters. The van der Waals surface area contributed by atoms with Crippen molar-refractivity contribution >= 4 is 0 Å². The van der Waals surface area contributed by atoms with Crippen LogP contribution < -0.4 is 4.74 Å². The normalized spacial score (nSPS) is 28.7. The van der Waals surface area contributed by atoms with Gasteiger partial charge in [-0.05, 0) is 75.3 Å². The van der Waals surface area contributed by atoms with Crippen molar-refractivity contribution in [2.75, 3.05) is 13.2 Å². The van der Waals surface area contributed by atoms with Crippen LogP contribution in [0.15, 0.2) is 24.8 Å². The molecule has 0 N–H and O–H groups in total. The standard InChI is InChI=1S/C22H30F2O3/c1-3-15-5-7-16(8-6-15)17-10-12-20(26-13-17)27-14-18-9-11-19(25-4-2)22(24)21(18)23/h3,9,11,15-17,20H,1,4-8,10,12-14H2,2H3. The molecule has 3 rings (SSSR count). The van der Waals surface area contributed by atoms with Gasteiger partial charge in [0.1, 0.15) is 0 Å². The van der Waals surface area contributed by atoms with Gasteiger partial charge in [-0.3, -0.25) is 0 Å². The summed E-state index contributed by atoms with van der Waals surface area (Å²) in [4.78, 5) is 0. The first-order valence-corrected chi connectivity index (χ1v) is 10.1. The first-order chi connectivity index (χ1) is 13.1. The summed E-state index contributed by atoms with van der Waals surface area (Å²) in [5, 5.41) is 0. The van der Waals surface area contributed by atoms with Gasteiger partial charge in [0.05, 0.1) is 19.8 Å². The molecule has 1 heterocycles. The highest BCUT2D eigenvalue weighted by Gasteiger charge is 2.31. The summed E-state index contributed by atoms with van der Waals surface area (Å²) >= 11 is 0. The number of benzene rings is 1. The van der Waals surface area contributed by atoms with Crippen LogP contribution in [-0.2, 0) is 16.1 Å². The van der Waals surface area contributed by atoms with Gasteiger partial charge in [0.2, 0.25) is 5.82 Å². The van der Waals surface area contributed by atoms with E-state index in [9.17, 15) is 8.78 Å². The molecule has 2 fully saturated rings. The minimum atomic E-state index is -0.960. The lowest BCUT2D eigenvalue weighted by Crippen LogP contribution is -2.33. The fraction of sp³-hybridized carbons (Fsp3) is 0.636. The molecule has 0 aromatic heterocycles. The molecule has 1 aliphatic heterocycles. The van der Waals surface area contributed by atoms with Gasteiger partial charge < -0.3 is 14.2 Å². The predicted molar refractivity (Wildman–Crippen MR) is 100 cm³/mol. The van der Waals surface area contributed by atoms with Crippen LogP contribution in [0.2, 0.25) is 0 Å². The Bertz CT molecular complexity index is 618. The highest BCUT2D eigenvalue weighted by Crippen LogP contribution is 2.38. The fourth-order valence-electron chi connectivity index (χ4n) is 4.24. The van der Waals surface area contributed by atoms with Gasteiger partial charge in [-0.1, -0.05) is 6.08 Å². The Balaban J connectivity index is 1.45. The molecular weight excluding hydrogens is 350 g/mol. The highest BCUT2D eigenvalue weighted by molar-refractivity contribution is 5.30. The quantitative estimate of drug-likeness (QED) is 0.574. The summed E-state index contributed by atoms with van der Waals surface area (Å²) in [6.45, 7) is 6.61. The Morgan fingerprint density at radius 2 is 1.81 bits per heavy atom. The average Bonchev–Trinajstić information content (AvgIpc) is 2.71. The largest absolute Gasteiger partial charge is 0.491 e. The summed E-state index contributed by atoms with van der Waals surface area (Å²) in [6.07, 6.45) is 8.54. The first kappa shape index (κ1) is 20.3. The van der Waals surface area contributed by atoms with E-state index in [0.29, 0.717) is 25.0 Å². The van der Waals surface area contributed by atoms with Crippen molar-refractivity contribution in [1.29, 1.82) is 0 Å².